The van der Waals surface area contributed by atoms with E-state index in [1.807, 2.05) is 6.20 Å². The molecular formula is C22H40N2. The summed E-state index contributed by atoms with van der Waals surface area (Å²) in [7, 11) is 0. The number of aromatic nitrogens is 2. The van der Waals surface area contributed by atoms with E-state index in [1.54, 1.807) is 0 Å². The molecule has 1 rings (SSSR count). The average molecular weight is 333 g/mol. The highest BCUT2D eigenvalue weighted by atomic mass is 15.1. The van der Waals surface area contributed by atoms with Crippen molar-refractivity contribution in [3.8, 4) is 0 Å². The van der Waals surface area contributed by atoms with Gasteiger partial charge in [-0.25, -0.2) is 0 Å². The van der Waals surface area contributed by atoms with Gasteiger partial charge in [-0.05, 0) is 37.8 Å². The van der Waals surface area contributed by atoms with E-state index in [0.29, 0.717) is 0 Å². The zero-order chi connectivity index (χ0) is 17.5. The Kier molecular flexibility index (Phi) is 12.7. The van der Waals surface area contributed by atoms with E-state index in [4.69, 9.17) is 0 Å². The Balaban J connectivity index is 1.85. The molecule has 1 aromatic rings. The predicted molar refractivity (Wildman–Crippen MR) is 106 cm³/mol. The standard InChI is InChI=1S/C22H40N2/c1-4-5-6-7-8-9-10-11-12-13-14-15-16-17-18-22-21(3)20(2)19-23-24-22/h19H,4-18H2,1-3H3. The van der Waals surface area contributed by atoms with Crippen molar-refractivity contribution >= 4 is 0 Å². The zero-order valence-electron chi connectivity index (χ0n) is 16.6. The fourth-order valence-electron chi connectivity index (χ4n) is 3.31. The summed E-state index contributed by atoms with van der Waals surface area (Å²) < 4.78 is 0. The molecule has 138 valence electrons. The maximum Gasteiger partial charge on any atom is 0.0662 e. The molecule has 0 amide bonds. The quantitative estimate of drug-likeness (QED) is 0.320. The lowest BCUT2D eigenvalue weighted by atomic mass is 10.0. The van der Waals surface area contributed by atoms with Gasteiger partial charge in [-0.1, -0.05) is 90.4 Å². The molecule has 1 heterocycles. The van der Waals surface area contributed by atoms with E-state index in [-0.39, 0.29) is 0 Å². The second kappa shape index (κ2) is 14.4. The Hall–Kier alpha value is -0.920. The number of nitrogens with zero attached hydrogens (tertiary/aromatic N) is 2. The van der Waals surface area contributed by atoms with Gasteiger partial charge in [0, 0.05) is 0 Å². The highest BCUT2D eigenvalue weighted by Gasteiger charge is 2.03. The third-order valence-corrected chi connectivity index (χ3v) is 5.22. The number of rotatable bonds is 15. The Bertz CT molecular complexity index is 414. The van der Waals surface area contributed by atoms with Crippen molar-refractivity contribution in [1.82, 2.24) is 10.2 Å². The summed E-state index contributed by atoms with van der Waals surface area (Å²) in [4.78, 5) is 0. The van der Waals surface area contributed by atoms with Crippen molar-refractivity contribution in [3.63, 3.8) is 0 Å². The third kappa shape index (κ3) is 10.1. The van der Waals surface area contributed by atoms with Crippen molar-refractivity contribution < 1.29 is 0 Å². The first kappa shape index (κ1) is 21.1. The largest absolute Gasteiger partial charge is 0.159 e. The van der Waals surface area contributed by atoms with Gasteiger partial charge in [-0.3, -0.25) is 0 Å². The molecule has 0 saturated carbocycles. The number of unbranched alkanes of at least 4 members (excludes halogenated alkanes) is 13. The highest BCUT2D eigenvalue weighted by molar-refractivity contribution is 5.24. The molecule has 0 bridgehead atoms. The van der Waals surface area contributed by atoms with Crippen LogP contribution in [0.25, 0.3) is 0 Å². The highest BCUT2D eigenvalue weighted by Crippen LogP contribution is 2.15. The van der Waals surface area contributed by atoms with Crippen molar-refractivity contribution in [1.29, 1.82) is 0 Å². The number of hydrogen-bond donors (Lipinski definition) is 0. The van der Waals surface area contributed by atoms with E-state index in [0.717, 1.165) is 6.42 Å². The van der Waals surface area contributed by atoms with Crippen molar-refractivity contribution in [2.24, 2.45) is 0 Å². The monoisotopic (exact) mass is 332 g/mol. The summed E-state index contributed by atoms with van der Waals surface area (Å²) >= 11 is 0. The zero-order valence-corrected chi connectivity index (χ0v) is 16.6. The van der Waals surface area contributed by atoms with Gasteiger partial charge >= 0.3 is 0 Å². The van der Waals surface area contributed by atoms with E-state index >= 15 is 0 Å². The SMILES string of the molecule is CCCCCCCCCCCCCCCCc1nncc(C)c1C. The van der Waals surface area contributed by atoms with Gasteiger partial charge in [0.1, 0.15) is 0 Å². The Morgan fingerprint density at radius 3 is 1.62 bits per heavy atom. The van der Waals surface area contributed by atoms with Gasteiger partial charge in [0.15, 0.2) is 0 Å². The number of hydrogen-bond acceptors (Lipinski definition) is 2. The minimum atomic E-state index is 1.10. The van der Waals surface area contributed by atoms with Crippen LogP contribution < -0.4 is 0 Å². The molecular weight excluding hydrogens is 292 g/mol. The molecule has 0 fully saturated rings. The van der Waals surface area contributed by atoms with E-state index in [9.17, 15) is 0 Å². The van der Waals surface area contributed by atoms with E-state index in [1.165, 1.54) is 107 Å². The van der Waals surface area contributed by atoms with Crippen LogP contribution in [0.4, 0.5) is 0 Å². The summed E-state index contributed by atoms with van der Waals surface area (Å²) in [5, 5.41) is 8.37. The Morgan fingerprint density at radius 1 is 0.667 bits per heavy atom. The fourth-order valence-corrected chi connectivity index (χ4v) is 3.31. The average Bonchev–Trinajstić information content (AvgIpc) is 2.58. The van der Waals surface area contributed by atoms with Gasteiger partial charge < -0.3 is 0 Å². The topological polar surface area (TPSA) is 25.8 Å². The first-order chi connectivity index (χ1) is 11.8. The summed E-state index contributed by atoms with van der Waals surface area (Å²) in [6.07, 6.45) is 22.7. The molecule has 2 nitrogen and oxygen atoms in total. The lowest BCUT2D eigenvalue weighted by Crippen LogP contribution is -1.99. The molecule has 0 aliphatic heterocycles. The van der Waals surface area contributed by atoms with E-state index in [2.05, 4.69) is 31.0 Å². The normalized spacial score (nSPS) is 11.1. The summed E-state index contributed by atoms with van der Waals surface area (Å²) in [5.74, 6) is 0. The van der Waals surface area contributed by atoms with Gasteiger partial charge in [0.05, 0.1) is 11.9 Å². The molecule has 24 heavy (non-hydrogen) atoms. The molecule has 0 aliphatic carbocycles. The second-order valence-corrected chi connectivity index (χ2v) is 7.45. The van der Waals surface area contributed by atoms with E-state index < -0.39 is 0 Å². The summed E-state index contributed by atoms with van der Waals surface area (Å²) in [6, 6.07) is 0. The Labute approximate surface area is 150 Å². The molecule has 0 spiro atoms. The van der Waals surface area contributed by atoms with Crippen LogP contribution in [0, 0.1) is 13.8 Å². The lowest BCUT2D eigenvalue weighted by molar-refractivity contribution is 0.535. The van der Waals surface area contributed by atoms with Gasteiger partial charge in [-0.15, -0.1) is 0 Å². The van der Waals surface area contributed by atoms with Gasteiger partial charge in [-0.2, -0.15) is 10.2 Å². The van der Waals surface area contributed by atoms with Gasteiger partial charge in [0.25, 0.3) is 0 Å². The minimum absolute atomic E-state index is 1.10. The molecule has 0 atom stereocenters. The van der Waals surface area contributed by atoms with Crippen LogP contribution >= 0.6 is 0 Å². The Morgan fingerprint density at radius 2 is 1.12 bits per heavy atom. The van der Waals surface area contributed by atoms with Crippen molar-refractivity contribution in [2.45, 2.75) is 117 Å². The van der Waals surface area contributed by atoms with Crippen molar-refractivity contribution in [3.05, 3.63) is 23.0 Å². The van der Waals surface area contributed by atoms with Crippen LogP contribution in [0.3, 0.4) is 0 Å². The smallest absolute Gasteiger partial charge is 0.0662 e. The molecule has 0 saturated heterocycles. The molecule has 2 heteroatoms. The third-order valence-electron chi connectivity index (χ3n) is 5.22. The second-order valence-electron chi connectivity index (χ2n) is 7.45. The molecule has 1 aromatic heterocycles. The molecule has 0 N–H and O–H groups in total. The first-order valence-corrected chi connectivity index (χ1v) is 10.5. The van der Waals surface area contributed by atoms with Gasteiger partial charge in [0.2, 0.25) is 0 Å². The minimum Gasteiger partial charge on any atom is -0.159 e. The summed E-state index contributed by atoms with van der Waals surface area (Å²) in [6.45, 7) is 6.58. The van der Waals surface area contributed by atoms with Crippen LogP contribution in [0.5, 0.6) is 0 Å². The molecule has 0 radical (unpaired) electrons. The molecule has 0 unspecified atom stereocenters. The fraction of sp³-hybridized carbons (Fsp3) is 0.818. The van der Waals surface area contributed by atoms with Crippen molar-refractivity contribution in [2.75, 3.05) is 0 Å². The summed E-state index contributed by atoms with van der Waals surface area (Å²) in [5.41, 5.74) is 3.80. The van der Waals surface area contributed by atoms with Crippen LogP contribution in [0.2, 0.25) is 0 Å². The molecule has 0 aromatic carbocycles. The van der Waals surface area contributed by atoms with Crippen LogP contribution in [0.15, 0.2) is 6.20 Å². The molecule has 0 aliphatic rings. The van der Waals surface area contributed by atoms with Crippen LogP contribution in [-0.2, 0) is 6.42 Å². The van der Waals surface area contributed by atoms with Crippen LogP contribution in [0.1, 0.15) is 114 Å². The maximum absolute atomic E-state index is 4.29. The lowest BCUT2D eigenvalue weighted by Gasteiger charge is -2.06. The maximum atomic E-state index is 4.29. The predicted octanol–water partition coefficient (Wildman–Crippen LogP) is 7.12. The number of aryl methyl sites for hydroxylation is 2. The van der Waals surface area contributed by atoms with Crippen LogP contribution in [-0.4, -0.2) is 10.2 Å². The first-order valence-electron chi connectivity index (χ1n) is 10.5.